The Morgan fingerprint density at radius 1 is 1.04 bits per heavy atom. The Kier molecular flexibility index (Phi) is 4.47. The lowest BCUT2D eigenvalue weighted by atomic mass is 10.1. The van der Waals surface area contributed by atoms with Crippen molar-refractivity contribution in [3.8, 4) is 0 Å². The molecule has 1 amide bonds. The lowest BCUT2D eigenvalue weighted by Crippen LogP contribution is -2.12. The van der Waals surface area contributed by atoms with Crippen molar-refractivity contribution in [2.24, 2.45) is 0 Å². The molecule has 0 aliphatic heterocycles. The van der Waals surface area contributed by atoms with Crippen LogP contribution in [0.3, 0.4) is 0 Å². The highest BCUT2D eigenvalue weighted by atomic mass is 16.1. The Balaban J connectivity index is 1.64. The fraction of sp³-hybridized carbons (Fsp3) is 0.200. The van der Waals surface area contributed by atoms with Crippen molar-refractivity contribution in [1.29, 1.82) is 0 Å². The molecule has 1 heterocycles. The molecule has 4 nitrogen and oxygen atoms in total. The third-order valence-electron chi connectivity index (χ3n) is 4.20. The molecule has 0 radical (unpaired) electrons. The quantitative estimate of drug-likeness (QED) is 0.690. The number of rotatable bonds is 5. The van der Waals surface area contributed by atoms with E-state index in [-0.39, 0.29) is 11.7 Å². The molecule has 1 aromatic heterocycles. The predicted octanol–water partition coefficient (Wildman–Crippen LogP) is 4.25. The molecule has 2 aromatic carbocycles. The smallest absolute Gasteiger partial charge is 0.224 e. The van der Waals surface area contributed by atoms with Crippen molar-refractivity contribution in [2.45, 2.75) is 26.7 Å². The SMILES string of the molecule is CC(=O)c1ccc(NC(=O)CCc2c(C)[nH]c3ccccc23)cc1. The average Bonchev–Trinajstić information content (AvgIpc) is 2.88. The van der Waals surface area contributed by atoms with Crippen molar-refractivity contribution in [2.75, 3.05) is 5.32 Å². The number of aromatic amines is 1. The molecule has 0 aliphatic rings. The minimum atomic E-state index is -0.0322. The van der Waals surface area contributed by atoms with E-state index in [4.69, 9.17) is 0 Å². The summed E-state index contributed by atoms with van der Waals surface area (Å²) in [5, 5.41) is 4.05. The van der Waals surface area contributed by atoms with Gasteiger partial charge in [-0.15, -0.1) is 0 Å². The summed E-state index contributed by atoms with van der Waals surface area (Å²) in [7, 11) is 0. The van der Waals surface area contributed by atoms with Crippen molar-refractivity contribution in [3.05, 3.63) is 65.4 Å². The first-order valence-electron chi connectivity index (χ1n) is 8.01. The van der Waals surface area contributed by atoms with Gasteiger partial charge in [0.2, 0.25) is 5.91 Å². The zero-order chi connectivity index (χ0) is 17.1. The van der Waals surface area contributed by atoms with Crippen LogP contribution in [0, 0.1) is 6.92 Å². The van der Waals surface area contributed by atoms with Crippen LogP contribution in [0.15, 0.2) is 48.5 Å². The van der Waals surface area contributed by atoms with E-state index in [1.165, 1.54) is 17.9 Å². The second-order valence-corrected chi connectivity index (χ2v) is 5.96. The molecular weight excluding hydrogens is 300 g/mol. The van der Waals surface area contributed by atoms with Gasteiger partial charge in [0, 0.05) is 34.3 Å². The van der Waals surface area contributed by atoms with Gasteiger partial charge in [-0.1, -0.05) is 18.2 Å². The Morgan fingerprint density at radius 3 is 2.46 bits per heavy atom. The molecule has 0 saturated heterocycles. The van der Waals surface area contributed by atoms with Gasteiger partial charge in [-0.05, 0) is 56.2 Å². The molecule has 0 spiro atoms. The lowest BCUT2D eigenvalue weighted by molar-refractivity contribution is -0.116. The summed E-state index contributed by atoms with van der Waals surface area (Å²) in [6, 6.07) is 15.1. The third kappa shape index (κ3) is 3.38. The number of ketones is 1. The topological polar surface area (TPSA) is 62.0 Å². The molecule has 3 aromatic rings. The molecule has 0 atom stereocenters. The fourth-order valence-electron chi connectivity index (χ4n) is 2.91. The molecule has 0 fully saturated rings. The first-order chi connectivity index (χ1) is 11.5. The van der Waals surface area contributed by atoms with Crippen molar-refractivity contribution < 1.29 is 9.59 Å². The van der Waals surface area contributed by atoms with Gasteiger partial charge < -0.3 is 10.3 Å². The predicted molar refractivity (Wildman–Crippen MR) is 96.4 cm³/mol. The zero-order valence-electron chi connectivity index (χ0n) is 13.8. The van der Waals surface area contributed by atoms with E-state index in [0.717, 1.165) is 11.2 Å². The van der Waals surface area contributed by atoms with E-state index < -0.39 is 0 Å². The molecule has 0 saturated carbocycles. The van der Waals surface area contributed by atoms with Crippen LogP contribution in [-0.2, 0) is 11.2 Å². The maximum Gasteiger partial charge on any atom is 0.224 e. The van der Waals surface area contributed by atoms with Crippen molar-refractivity contribution >= 4 is 28.3 Å². The average molecular weight is 320 g/mol. The Labute approximate surface area is 140 Å². The summed E-state index contributed by atoms with van der Waals surface area (Å²) in [6.45, 7) is 3.56. The van der Waals surface area contributed by atoms with Crippen LogP contribution in [0.5, 0.6) is 0 Å². The molecular formula is C20H20N2O2. The zero-order valence-corrected chi connectivity index (χ0v) is 13.8. The van der Waals surface area contributed by atoms with Crippen molar-refractivity contribution in [1.82, 2.24) is 4.98 Å². The Bertz CT molecular complexity index is 892. The number of amides is 1. The van der Waals surface area contributed by atoms with Gasteiger partial charge in [-0.25, -0.2) is 0 Å². The van der Waals surface area contributed by atoms with Crippen LogP contribution < -0.4 is 5.32 Å². The van der Waals surface area contributed by atoms with E-state index in [1.807, 2.05) is 25.1 Å². The highest BCUT2D eigenvalue weighted by molar-refractivity contribution is 5.95. The first kappa shape index (κ1) is 16.0. The number of H-pyrrole nitrogens is 1. The van der Waals surface area contributed by atoms with Gasteiger partial charge in [0.05, 0.1) is 0 Å². The number of carbonyl (C=O) groups is 2. The molecule has 24 heavy (non-hydrogen) atoms. The summed E-state index contributed by atoms with van der Waals surface area (Å²) >= 11 is 0. The van der Waals surface area contributed by atoms with Crippen LogP contribution in [0.2, 0.25) is 0 Å². The lowest BCUT2D eigenvalue weighted by Gasteiger charge is -2.06. The number of aromatic nitrogens is 1. The van der Waals surface area contributed by atoms with Gasteiger partial charge in [0.25, 0.3) is 0 Å². The van der Waals surface area contributed by atoms with Gasteiger partial charge in [-0.3, -0.25) is 9.59 Å². The van der Waals surface area contributed by atoms with E-state index in [1.54, 1.807) is 24.3 Å². The summed E-state index contributed by atoms with van der Waals surface area (Å²) in [6.07, 6.45) is 1.10. The van der Waals surface area contributed by atoms with E-state index in [0.29, 0.717) is 24.1 Å². The number of fused-ring (bicyclic) bond motifs is 1. The number of para-hydroxylation sites is 1. The highest BCUT2D eigenvalue weighted by Gasteiger charge is 2.10. The maximum absolute atomic E-state index is 12.2. The number of nitrogens with one attached hydrogen (secondary N) is 2. The largest absolute Gasteiger partial charge is 0.358 e. The number of anilines is 1. The highest BCUT2D eigenvalue weighted by Crippen LogP contribution is 2.23. The molecule has 0 unspecified atom stereocenters. The van der Waals surface area contributed by atoms with Crippen LogP contribution in [0.4, 0.5) is 5.69 Å². The Hall–Kier alpha value is -2.88. The molecule has 3 rings (SSSR count). The fourth-order valence-corrected chi connectivity index (χ4v) is 2.91. The van der Waals surface area contributed by atoms with E-state index in [2.05, 4.69) is 16.4 Å². The molecule has 0 aliphatic carbocycles. The summed E-state index contributed by atoms with van der Waals surface area (Å²) in [5.41, 5.74) is 4.75. The van der Waals surface area contributed by atoms with Crippen LogP contribution in [0.1, 0.15) is 35.0 Å². The third-order valence-corrected chi connectivity index (χ3v) is 4.20. The second-order valence-electron chi connectivity index (χ2n) is 5.96. The monoisotopic (exact) mass is 320 g/mol. The number of aryl methyl sites for hydroxylation is 2. The minimum Gasteiger partial charge on any atom is -0.358 e. The minimum absolute atomic E-state index is 0.0164. The van der Waals surface area contributed by atoms with Gasteiger partial charge in [0.1, 0.15) is 0 Å². The summed E-state index contributed by atoms with van der Waals surface area (Å²) in [5.74, 6) is -0.0158. The first-order valence-corrected chi connectivity index (χ1v) is 8.01. The summed E-state index contributed by atoms with van der Waals surface area (Å²) in [4.78, 5) is 26.8. The number of hydrogen-bond acceptors (Lipinski definition) is 2. The number of carbonyl (C=O) groups excluding carboxylic acids is 2. The number of hydrogen-bond donors (Lipinski definition) is 2. The molecule has 2 N–H and O–H groups in total. The van der Waals surface area contributed by atoms with Crippen LogP contribution >= 0.6 is 0 Å². The van der Waals surface area contributed by atoms with Crippen LogP contribution in [-0.4, -0.2) is 16.7 Å². The molecule has 4 heteroatoms. The van der Waals surface area contributed by atoms with E-state index in [9.17, 15) is 9.59 Å². The van der Waals surface area contributed by atoms with Gasteiger partial charge in [0.15, 0.2) is 5.78 Å². The van der Waals surface area contributed by atoms with Gasteiger partial charge in [-0.2, -0.15) is 0 Å². The number of Topliss-reactive ketones (excluding diaryl/α,β-unsaturated/α-hetero) is 1. The van der Waals surface area contributed by atoms with Crippen molar-refractivity contribution in [3.63, 3.8) is 0 Å². The Morgan fingerprint density at radius 2 is 1.75 bits per heavy atom. The summed E-state index contributed by atoms with van der Waals surface area (Å²) < 4.78 is 0. The number of benzene rings is 2. The molecule has 0 bridgehead atoms. The maximum atomic E-state index is 12.2. The second kappa shape index (κ2) is 6.71. The standard InChI is InChI=1S/C20H20N2O2/c1-13-17(18-5-3-4-6-19(18)21-13)11-12-20(24)22-16-9-7-15(8-10-16)14(2)23/h3-10,21H,11-12H2,1-2H3,(H,22,24). The van der Waals surface area contributed by atoms with Crippen LogP contribution in [0.25, 0.3) is 10.9 Å². The normalized spacial score (nSPS) is 10.8. The molecule has 122 valence electrons. The van der Waals surface area contributed by atoms with E-state index >= 15 is 0 Å². The van der Waals surface area contributed by atoms with Gasteiger partial charge >= 0.3 is 0 Å².